The predicted octanol–water partition coefficient (Wildman–Crippen LogP) is 1.67. The van der Waals surface area contributed by atoms with Gasteiger partial charge in [0.2, 0.25) is 0 Å². The van der Waals surface area contributed by atoms with E-state index in [9.17, 15) is 14.0 Å². The first-order chi connectivity index (χ1) is 8.56. The fraction of sp³-hybridized carbons (Fsp3) is 0.167. The zero-order valence-corrected chi connectivity index (χ0v) is 9.37. The molecular formula is C12H11FN2O3. The molecule has 0 spiro atoms. The van der Waals surface area contributed by atoms with E-state index in [1.54, 1.807) is 0 Å². The summed E-state index contributed by atoms with van der Waals surface area (Å²) in [7, 11) is 0. The summed E-state index contributed by atoms with van der Waals surface area (Å²) in [5.41, 5.74) is -0.690. The van der Waals surface area contributed by atoms with E-state index in [0.29, 0.717) is 6.42 Å². The molecule has 0 saturated heterocycles. The zero-order chi connectivity index (χ0) is 13.5. The van der Waals surface area contributed by atoms with Crippen molar-refractivity contribution in [3.05, 3.63) is 29.6 Å². The van der Waals surface area contributed by atoms with Crippen LogP contribution in [0.1, 0.15) is 16.8 Å². The number of aromatic carboxylic acids is 1. The number of halogens is 1. The summed E-state index contributed by atoms with van der Waals surface area (Å²) in [4.78, 5) is 22.2. The second-order valence-electron chi connectivity index (χ2n) is 3.30. The third-order valence-corrected chi connectivity index (χ3v) is 2.04. The van der Waals surface area contributed by atoms with Gasteiger partial charge in [0.05, 0.1) is 11.3 Å². The summed E-state index contributed by atoms with van der Waals surface area (Å²) >= 11 is 0. The Labute approximate surface area is 103 Å². The van der Waals surface area contributed by atoms with Crippen molar-refractivity contribution in [2.75, 3.05) is 11.9 Å². The van der Waals surface area contributed by atoms with Crippen LogP contribution in [0.4, 0.5) is 14.9 Å². The van der Waals surface area contributed by atoms with Gasteiger partial charge in [0, 0.05) is 13.0 Å². The molecule has 1 aromatic rings. The molecule has 0 atom stereocenters. The van der Waals surface area contributed by atoms with Gasteiger partial charge in [0.25, 0.3) is 0 Å². The molecule has 0 unspecified atom stereocenters. The van der Waals surface area contributed by atoms with E-state index in [1.165, 1.54) is 12.1 Å². The molecule has 18 heavy (non-hydrogen) atoms. The van der Waals surface area contributed by atoms with Crippen molar-refractivity contribution in [2.24, 2.45) is 0 Å². The molecule has 3 N–H and O–H groups in total. The predicted molar refractivity (Wildman–Crippen MR) is 63.8 cm³/mol. The summed E-state index contributed by atoms with van der Waals surface area (Å²) in [6.45, 7) is 0.221. The van der Waals surface area contributed by atoms with Crippen molar-refractivity contribution < 1.29 is 19.1 Å². The number of hydrogen-bond donors (Lipinski definition) is 3. The smallest absolute Gasteiger partial charge is 0.337 e. The SMILES string of the molecule is C#CCCNC(=O)Nc1c(F)cccc1C(=O)O. The molecule has 1 rings (SSSR count). The van der Waals surface area contributed by atoms with E-state index < -0.39 is 17.8 Å². The van der Waals surface area contributed by atoms with Crippen LogP contribution in [-0.4, -0.2) is 23.7 Å². The molecular weight excluding hydrogens is 239 g/mol. The number of carboxylic acid groups (broad SMARTS) is 1. The number of benzene rings is 1. The van der Waals surface area contributed by atoms with Crippen molar-refractivity contribution in [1.29, 1.82) is 0 Å². The number of carbonyl (C=O) groups is 2. The molecule has 0 aliphatic rings. The quantitative estimate of drug-likeness (QED) is 0.561. The van der Waals surface area contributed by atoms with E-state index >= 15 is 0 Å². The molecule has 6 heteroatoms. The number of rotatable bonds is 4. The van der Waals surface area contributed by atoms with Crippen LogP contribution in [0.25, 0.3) is 0 Å². The monoisotopic (exact) mass is 250 g/mol. The summed E-state index contributed by atoms with van der Waals surface area (Å²) in [5.74, 6) is 0.174. The maximum Gasteiger partial charge on any atom is 0.337 e. The van der Waals surface area contributed by atoms with E-state index in [2.05, 4.69) is 16.6 Å². The van der Waals surface area contributed by atoms with Crippen molar-refractivity contribution in [1.82, 2.24) is 5.32 Å². The number of nitrogens with one attached hydrogen (secondary N) is 2. The largest absolute Gasteiger partial charge is 0.478 e. The lowest BCUT2D eigenvalue weighted by Gasteiger charge is -2.09. The van der Waals surface area contributed by atoms with Gasteiger partial charge in [-0.1, -0.05) is 6.07 Å². The number of para-hydroxylation sites is 1. The Bertz CT molecular complexity index is 509. The molecule has 2 amide bonds. The Balaban J connectivity index is 2.81. The Hall–Kier alpha value is -2.55. The molecule has 0 heterocycles. The van der Waals surface area contributed by atoms with Crippen LogP contribution in [0.3, 0.4) is 0 Å². The third kappa shape index (κ3) is 3.49. The second kappa shape index (κ2) is 6.25. The Morgan fingerprint density at radius 3 is 2.78 bits per heavy atom. The lowest BCUT2D eigenvalue weighted by Crippen LogP contribution is -2.30. The zero-order valence-electron chi connectivity index (χ0n) is 9.37. The summed E-state index contributed by atoms with van der Waals surface area (Å²) < 4.78 is 13.4. The molecule has 0 radical (unpaired) electrons. The standard InChI is InChI=1S/C12H11FN2O3/c1-2-3-7-14-12(18)15-10-8(11(16)17)5-4-6-9(10)13/h1,4-6H,3,7H2,(H,16,17)(H2,14,15,18). The maximum absolute atomic E-state index is 13.4. The minimum atomic E-state index is -1.33. The number of carbonyl (C=O) groups excluding carboxylic acids is 1. The van der Waals surface area contributed by atoms with Crippen LogP contribution in [0, 0.1) is 18.2 Å². The second-order valence-corrected chi connectivity index (χ2v) is 3.30. The number of hydrogen-bond acceptors (Lipinski definition) is 2. The number of carboxylic acids is 1. The molecule has 0 aromatic heterocycles. The molecule has 94 valence electrons. The van der Waals surface area contributed by atoms with Crippen LogP contribution in [0.5, 0.6) is 0 Å². The Morgan fingerprint density at radius 2 is 2.17 bits per heavy atom. The molecule has 0 aliphatic carbocycles. The Kier molecular flexibility index (Phi) is 4.69. The van der Waals surface area contributed by atoms with E-state index in [0.717, 1.165) is 6.07 Å². The highest BCUT2D eigenvalue weighted by molar-refractivity contribution is 6.00. The van der Waals surface area contributed by atoms with Gasteiger partial charge < -0.3 is 15.7 Å². The van der Waals surface area contributed by atoms with Crippen molar-refractivity contribution in [3.63, 3.8) is 0 Å². The number of urea groups is 1. The molecule has 0 aliphatic heterocycles. The van der Waals surface area contributed by atoms with Crippen molar-refractivity contribution >= 4 is 17.7 Å². The first-order valence-corrected chi connectivity index (χ1v) is 5.06. The highest BCUT2D eigenvalue weighted by Crippen LogP contribution is 2.19. The van der Waals surface area contributed by atoms with Crippen LogP contribution in [0.2, 0.25) is 0 Å². The molecule has 1 aromatic carbocycles. The lowest BCUT2D eigenvalue weighted by atomic mass is 10.1. The molecule has 0 bridgehead atoms. The van der Waals surface area contributed by atoms with Crippen LogP contribution < -0.4 is 10.6 Å². The highest BCUT2D eigenvalue weighted by atomic mass is 19.1. The van der Waals surface area contributed by atoms with Crippen LogP contribution >= 0.6 is 0 Å². The summed E-state index contributed by atoms with van der Waals surface area (Å²) in [6, 6.07) is 2.80. The maximum atomic E-state index is 13.4. The van der Waals surface area contributed by atoms with Gasteiger partial charge in [0.15, 0.2) is 0 Å². The Morgan fingerprint density at radius 1 is 1.44 bits per heavy atom. The van der Waals surface area contributed by atoms with Gasteiger partial charge in [-0.3, -0.25) is 0 Å². The highest BCUT2D eigenvalue weighted by Gasteiger charge is 2.15. The van der Waals surface area contributed by atoms with Crippen LogP contribution in [-0.2, 0) is 0 Å². The first kappa shape index (κ1) is 13.5. The summed E-state index contributed by atoms with van der Waals surface area (Å²) in [6.07, 6.45) is 5.33. The molecule has 0 fully saturated rings. The van der Waals surface area contributed by atoms with Gasteiger partial charge in [-0.05, 0) is 12.1 Å². The van der Waals surface area contributed by atoms with Crippen LogP contribution in [0.15, 0.2) is 18.2 Å². The minimum Gasteiger partial charge on any atom is -0.478 e. The average Bonchev–Trinajstić information content (AvgIpc) is 2.31. The van der Waals surface area contributed by atoms with Gasteiger partial charge >= 0.3 is 12.0 Å². The average molecular weight is 250 g/mol. The minimum absolute atomic E-state index is 0.221. The number of anilines is 1. The lowest BCUT2D eigenvalue weighted by molar-refractivity contribution is 0.0697. The van der Waals surface area contributed by atoms with Gasteiger partial charge in [-0.25, -0.2) is 14.0 Å². The first-order valence-electron chi connectivity index (χ1n) is 5.06. The topological polar surface area (TPSA) is 78.4 Å². The normalized spacial score (nSPS) is 9.33. The molecule has 0 saturated carbocycles. The third-order valence-electron chi connectivity index (χ3n) is 2.04. The fourth-order valence-corrected chi connectivity index (χ4v) is 1.24. The van der Waals surface area contributed by atoms with Gasteiger partial charge in [-0.2, -0.15) is 0 Å². The summed E-state index contributed by atoms with van der Waals surface area (Å²) in [5, 5.41) is 13.4. The van der Waals surface area contributed by atoms with E-state index in [-0.39, 0.29) is 17.8 Å². The van der Waals surface area contributed by atoms with Gasteiger partial charge in [-0.15, -0.1) is 12.3 Å². The van der Waals surface area contributed by atoms with Crippen molar-refractivity contribution in [2.45, 2.75) is 6.42 Å². The van der Waals surface area contributed by atoms with Crippen molar-refractivity contribution in [3.8, 4) is 12.3 Å². The molecule has 5 nitrogen and oxygen atoms in total. The van der Waals surface area contributed by atoms with Gasteiger partial charge in [0.1, 0.15) is 5.82 Å². The fourth-order valence-electron chi connectivity index (χ4n) is 1.24. The number of amides is 2. The van der Waals surface area contributed by atoms with E-state index in [4.69, 9.17) is 11.5 Å². The van der Waals surface area contributed by atoms with E-state index in [1.807, 2.05) is 0 Å². The number of terminal acetylenes is 1.